The molecule has 1 saturated heterocycles. The van der Waals surface area contributed by atoms with Crippen LogP contribution in [0.3, 0.4) is 0 Å². The molecule has 0 amide bonds. The van der Waals surface area contributed by atoms with Gasteiger partial charge in [-0.15, -0.1) is 0 Å². The Hall–Kier alpha value is -1.59. The molecule has 5 nitrogen and oxygen atoms in total. The first-order chi connectivity index (χ1) is 15.9. The van der Waals surface area contributed by atoms with Crippen LogP contribution >= 0.6 is 0 Å². The number of Topliss-reactive ketones (excluding diaryl/α,β-unsaturated/α-hetero) is 1. The van der Waals surface area contributed by atoms with Crippen LogP contribution in [-0.4, -0.2) is 55.6 Å². The van der Waals surface area contributed by atoms with Crippen LogP contribution in [0, 0.1) is 0 Å². The summed E-state index contributed by atoms with van der Waals surface area (Å²) in [6, 6.07) is -4.58. The van der Waals surface area contributed by atoms with Gasteiger partial charge in [-0.25, -0.2) is 0 Å². The minimum atomic E-state index is -3.17. The fraction of sp³-hybridized carbons (Fsp3) is 0.611. The number of ketones is 1. The SMILES string of the molecule is [2H]O[C@@]12CC([2H])([2H])C(=O)C3([2H])Oc4c(OC)c([2H])c([2H])c5c4[C@@]31CCN(C([2H])([2H])[2H])[C@]2([2H])C5([2H])[2H]. The van der Waals surface area contributed by atoms with Crippen molar-refractivity contribution in [3.63, 3.8) is 0 Å². The van der Waals surface area contributed by atoms with Crippen LogP contribution in [0.25, 0.3) is 0 Å². The molecule has 0 radical (unpaired) electrons. The molecule has 2 aliphatic carbocycles. The zero-order valence-corrected chi connectivity index (χ0v) is 12.2. The van der Waals surface area contributed by atoms with Crippen molar-refractivity contribution < 1.29 is 34.5 Å². The van der Waals surface area contributed by atoms with Gasteiger partial charge in [0.05, 0.1) is 23.6 Å². The number of piperidine rings is 1. The predicted molar refractivity (Wildman–Crippen MR) is 83.0 cm³/mol. The number of hydrogen-bond acceptors (Lipinski definition) is 5. The van der Waals surface area contributed by atoms with E-state index in [4.69, 9.17) is 28.4 Å². The van der Waals surface area contributed by atoms with Crippen molar-refractivity contribution in [1.82, 2.24) is 4.90 Å². The Bertz CT molecular complexity index is 1190. The molecule has 1 unspecified atom stereocenters. The zero-order valence-electron chi connectivity index (χ0n) is 24.2. The molecule has 2 heterocycles. The van der Waals surface area contributed by atoms with Crippen molar-refractivity contribution in [1.29, 1.82) is 1.43 Å². The number of benzene rings is 1. The highest BCUT2D eigenvalue weighted by molar-refractivity contribution is 5.90. The maximum absolute atomic E-state index is 13.4. The number of nitrogens with zero attached hydrogens (tertiary/aromatic N) is 1. The molecule has 1 saturated carbocycles. The summed E-state index contributed by atoms with van der Waals surface area (Å²) in [5.41, 5.74) is -5.94. The first kappa shape index (κ1) is 6.37. The van der Waals surface area contributed by atoms with Crippen molar-refractivity contribution in [3.05, 3.63) is 23.2 Å². The number of carbonyl (C=O) groups excluding carboxylic acids is 1. The number of likely N-dealkylation sites (tertiary alicyclic amines) is 1. The van der Waals surface area contributed by atoms with Gasteiger partial charge in [-0.2, -0.15) is 0 Å². The van der Waals surface area contributed by atoms with Crippen LogP contribution in [0.5, 0.6) is 11.5 Å². The summed E-state index contributed by atoms with van der Waals surface area (Å²) in [5, 5.41) is 5.05. The number of aliphatic hydroxyl groups is 1. The zero-order chi connectivity index (χ0) is 26.4. The first-order valence-corrected chi connectivity index (χ1v) is 7.25. The molecule has 2 aliphatic heterocycles. The van der Waals surface area contributed by atoms with Gasteiger partial charge in [-0.05, 0) is 44.3 Å². The van der Waals surface area contributed by atoms with E-state index in [-0.39, 0.29) is 5.56 Å². The second kappa shape index (κ2) is 4.08. The highest BCUT2D eigenvalue weighted by Crippen LogP contribution is 2.64. The number of methoxy groups -OCH3 is 1. The average Bonchev–Trinajstić information content (AvgIpc) is 2.99. The van der Waals surface area contributed by atoms with Gasteiger partial charge < -0.3 is 19.5 Å². The standard InChI is InChI=1S/C18H21NO4/c1-19-8-7-17-14-10-3-4-12(22-2)15(14)23-16(17)11(20)5-6-18(17,21)13(19)9-10/h3-4,13,16,21H,5-9H2,1-2H3/t13-,16?,17+,18-/m1/s1/i1D3,3D,4D,5D2,9D2,13D,16D,21D. The molecule has 23 heavy (non-hydrogen) atoms. The molecule has 4 atom stereocenters. The molecule has 1 aromatic rings. The molecule has 122 valence electrons. The Kier molecular flexibility index (Phi) is 1.13. The summed E-state index contributed by atoms with van der Waals surface area (Å²) in [7, 11) is 1.13. The normalized spacial score (nSPS) is 59.4. The van der Waals surface area contributed by atoms with Gasteiger partial charge in [0.1, 0.15) is 0 Å². The van der Waals surface area contributed by atoms with E-state index >= 15 is 0 Å². The topological polar surface area (TPSA) is 59.0 Å². The third-order valence-electron chi connectivity index (χ3n) is 5.21. The second-order valence-corrected chi connectivity index (χ2v) is 6.08. The molecule has 1 N–H and O–H groups in total. The average molecular weight is 327 g/mol. The summed E-state index contributed by atoms with van der Waals surface area (Å²) in [6.45, 7) is -3.69. The molecule has 1 aromatic carbocycles. The Balaban J connectivity index is 2.08. The van der Waals surface area contributed by atoms with Crippen LogP contribution in [0.15, 0.2) is 12.1 Å². The maximum atomic E-state index is 13.4. The van der Waals surface area contributed by atoms with Crippen LogP contribution in [-0.2, 0) is 16.6 Å². The van der Waals surface area contributed by atoms with Crippen molar-refractivity contribution in [2.75, 3.05) is 20.6 Å². The van der Waals surface area contributed by atoms with Gasteiger partial charge in [0.2, 0.25) is 1.43 Å². The van der Waals surface area contributed by atoms with Crippen LogP contribution < -0.4 is 9.47 Å². The Morgan fingerprint density at radius 3 is 3.35 bits per heavy atom. The lowest BCUT2D eigenvalue weighted by Crippen LogP contribution is -2.76. The molecule has 1 spiro atoms. The number of carbonyl (C=O) groups is 1. The number of likely N-dealkylation sites (N-methyl/N-ethyl adjacent to an activating group) is 1. The Morgan fingerprint density at radius 1 is 1.65 bits per heavy atom. The van der Waals surface area contributed by atoms with E-state index in [2.05, 4.69) is 0 Å². The predicted octanol–water partition coefficient (Wildman–Crippen LogP) is 1.05. The molecule has 4 aliphatic rings. The maximum Gasteiger partial charge on any atom is 0.211 e. The molecule has 5 rings (SSSR count). The Labute approximate surface area is 152 Å². The van der Waals surface area contributed by atoms with Gasteiger partial charge in [0.25, 0.3) is 0 Å². The summed E-state index contributed by atoms with van der Waals surface area (Å²) in [5.74, 6) is -2.23. The monoisotopic (exact) mass is 327 g/mol. The van der Waals surface area contributed by atoms with Crippen molar-refractivity contribution in [2.45, 2.75) is 48.7 Å². The molecule has 0 aromatic heterocycles. The summed E-state index contributed by atoms with van der Waals surface area (Å²) in [4.78, 5) is 13.9. The molecule has 2 bridgehead atoms. The summed E-state index contributed by atoms with van der Waals surface area (Å²) >= 11 is 0. The van der Waals surface area contributed by atoms with E-state index in [0.29, 0.717) is 4.90 Å². The smallest absolute Gasteiger partial charge is 0.211 e. The minimum absolute atomic E-state index is 0.292. The van der Waals surface area contributed by atoms with E-state index in [1.165, 1.54) is 0 Å². The van der Waals surface area contributed by atoms with Gasteiger partial charge >= 0.3 is 0 Å². The van der Waals surface area contributed by atoms with E-state index in [9.17, 15) is 7.54 Å². The van der Waals surface area contributed by atoms with Crippen LogP contribution in [0.1, 0.15) is 45.4 Å². The van der Waals surface area contributed by atoms with Crippen LogP contribution in [0.2, 0.25) is 0 Å². The quantitative estimate of drug-likeness (QED) is 0.880. The van der Waals surface area contributed by atoms with Crippen LogP contribution in [0.4, 0.5) is 0 Å². The lowest BCUT2D eigenvalue weighted by atomic mass is 9.49. The van der Waals surface area contributed by atoms with Crippen molar-refractivity contribution in [3.8, 4) is 11.5 Å². The lowest BCUT2D eigenvalue weighted by molar-refractivity contribution is -0.185. The fourth-order valence-electron chi connectivity index (χ4n) is 4.19. The van der Waals surface area contributed by atoms with Crippen molar-refractivity contribution in [2.24, 2.45) is 0 Å². The van der Waals surface area contributed by atoms with E-state index in [1.54, 1.807) is 0 Å². The van der Waals surface area contributed by atoms with Crippen molar-refractivity contribution >= 4 is 5.78 Å². The molecule has 2 fully saturated rings. The third-order valence-corrected chi connectivity index (χ3v) is 5.21. The summed E-state index contributed by atoms with van der Waals surface area (Å²) < 4.78 is 113. The van der Waals surface area contributed by atoms with E-state index < -0.39 is 97.2 Å². The Morgan fingerprint density at radius 2 is 2.57 bits per heavy atom. The van der Waals surface area contributed by atoms with Gasteiger partial charge in [-0.3, -0.25) is 4.79 Å². The van der Waals surface area contributed by atoms with E-state index in [0.717, 1.165) is 7.11 Å². The second-order valence-electron chi connectivity index (χ2n) is 6.08. The van der Waals surface area contributed by atoms with E-state index in [1.807, 2.05) is 0 Å². The number of hydrogen-bond donors (Lipinski definition) is 1. The number of ether oxygens (including phenoxy) is 2. The summed E-state index contributed by atoms with van der Waals surface area (Å²) in [6.07, 6.45) is -10.6. The van der Waals surface area contributed by atoms with Gasteiger partial charge in [0.15, 0.2) is 23.4 Å². The third kappa shape index (κ3) is 1.32. The number of rotatable bonds is 2. The lowest BCUT2D eigenvalue weighted by Gasteiger charge is -2.62. The molecular weight excluding hydrogens is 294 g/mol. The first-order valence-electron chi connectivity index (χ1n) is 13.2. The van der Waals surface area contributed by atoms with Gasteiger partial charge in [-0.1, -0.05) is 6.04 Å². The highest BCUT2D eigenvalue weighted by atomic mass is 16.5. The minimum Gasteiger partial charge on any atom is -0.493 e. The molecular formula is C18H21NO4. The molecule has 5 heteroatoms. The van der Waals surface area contributed by atoms with Gasteiger partial charge in [0, 0.05) is 27.5 Å². The largest absolute Gasteiger partial charge is 0.493 e. The fourth-order valence-corrected chi connectivity index (χ4v) is 4.19. The highest BCUT2D eigenvalue weighted by Gasteiger charge is 2.72.